The van der Waals surface area contributed by atoms with Crippen molar-refractivity contribution in [1.82, 2.24) is 15.5 Å². The Balaban J connectivity index is 1.46. The van der Waals surface area contributed by atoms with E-state index in [1.165, 1.54) is 37.7 Å². The Kier molecular flexibility index (Phi) is 6.70. The molecule has 3 rings (SSSR count). The molecule has 0 spiro atoms. The molecule has 1 saturated heterocycles. The van der Waals surface area contributed by atoms with Crippen LogP contribution in [-0.4, -0.2) is 55.9 Å². The zero-order valence-corrected chi connectivity index (χ0v) is 15.1. The van der Waals surface area contributed by atoms with Crippen molar-refractivity contribution in [3.05, 3.63) is 35.9 Å². The second-order valence-electron chi connectivity index (χ2n) is 7.23. The summed E-state index contributed by atoms with van der Waals surface area (Å²) in [7, 11) is 0. The Morgan fingerprint density at radius 2 is 1.76 bits per heavy atom. The Morgan fingerprint density at radius 3 is 2.48 bits per heavy atom. The van der Waals surface area contributed by atoms with Gasteiger partial charge in [0.25, 0.3) is 0 Å². The number of hydrogen-bond donors (Lipinski definition) is 2. The number of nitrogens with one attached hydrogen (secondary N) is 2. The molecule has 1 aromatic rings. The van der Waals surface area contributed by atoms with Gasteiger partial charge in [-0.25, -0.2) is 4.79 Å². The van der Waals surface area contributed by atoms with Crippen LogP contribution in [0, 0.1) is 0 Å². The Hall–Kier alpha value is -1.59. The van der Waals surface area contributed by atoms with Crippen molar-refractivity contribution in [1.29, 1.82) is 0 Å². The molecule has 1 heterocycles. The van der Waals surface area contributed by atoms with Crippen LogP contribution in [0.25, 0.3) is 0 Å². The SMILES string of the molecule is O=C(NCCc1ccccc1)NCC1(N2CCOCC2)CCCCC1. The van der Waals surface area contributed by atoms with E-state index in [2.05, 4.69) is 27.7 Å². The first-order chi connectivity index (χ1) is 12.3. The van der Waals surface area contributed by atoms with Crippen molar-refractivity contribution < 1.29 is 9.53 Å². The minimum atomic E-state index is -0.0471. The maximum atomic E-state index is 12.2. The predicted octanol–water partition coefficient (Wildman–Crippen LogP) is 2.56. The topological polar surface area (TPSA) is 53.6 Å². The summed E-state index contributed by atoms with van der Waals surface area (Å²) in [5.41, 5.74) is 1.37. The summed E-state index contributed by atoms with van der Waals surface area (Å²) >= 11 is 0. The number of carbonyl (C=O) groups is 1. The molecular weight excluding hydrogens is 314 g/mol. The van der Waals surface area contributed by atoms with E-state index in [1.807, 2.05) is 18.2 Å². The fourth-order valence-corrected chi connectivity index (χ4v) is 4.12. The molecule has 2 aliphatic rings. The summed E-state index contributed by atoms with van der Waals surface area (Å²) in [6.45, 7) is 5.00. The van der Waals surface area contributed by atoms with Crippen LogP contribution >= 0.6 is 0 Å². The lowest BCUT2D eigenvalue weighted by Crippen LogP contribution is -2.60. The third-order valence-corrected chi connectivity index (χ3v) is 5.59. The standard InChI is InChI=1S/C20H31N3O2/c24-19(21-12-9-18-7-3-1-4-8-18)22-17-20(10-5-2-6-11-20)23-13-15-25-16-14-23/h1,3-4,7-8H,2,5-6,9-17H2,(H2,21,22,24). The molecule has 1 aromatic carbocycles. The third kappa shape index (κ3) is 5.19. The highest BCUT2D eigenvalue weighted by Gasteiger charge is 2.38. The zero-order chi connectivity index (χ0) is 17.4. The molecule has 1 saturated carbocycles. The molecule has 0 bridgehead atoms. The van der Waals surface area contributed by atoms with E-state index >= 15 is 0 Å². The van der Waals surface area contributed by atoms with Gasteiger partial charge in [-0.2, -0.15) is 0 Å². The summed E-state index contributed by atoms with van der Waals surface area (Å²) in [4.78, 5) is 14.8. The van der Waals surface area contributed by atoms with Crippen molar-refractivity contribution in [2.75, 3.05) is 39.4 Å². The van der Waals surface area contributed by atoms with Crippen LogP contribution in [-0.2, 0) is 11.2 Å². The molecule has 1 aliphatic heterocycles. The van der Waals surface area contributed by atoms with Crippen LogP contribution < -0.4 is 10.6 Å². The molecule has 5 heteroatoms. The summed E-state index contributed by atoms with van der Waals surface area (Å²) < 4.78 is 5.51. The number of hydrogen-bond acceptors (Lipinski definition) is 3. The predicted molar refractivity (Wildman–Crippen MR) is 99.8 cm³/mol. The second kappa shape index (κ2) is 9.20. The van der Waals surface area contributed by atoms with Crippen LogP contribution in [0.15, 0.2) is 30.3 Å². The van der Waals surface area contributed by atoms with E-state index in [4.69, 9.17) is 4.74 Å². The fraction of sp³-hybridized carbons (Fsp3) is 0.650. The summed E-state index contributed by atoms with van der Waals surface area (Å²) in [5, 5.41) is 6.14. The van der Waals surface area contributed by atoms with E-state index in [0.717, 1.165) is 39.3 Å². The van der Waals surface area contributed by atoms with Crippen molar-refractivity contribution in [3.63, 3.8) is 0 Å². The summed E-state index contributed by atoms with van der Waals surface area (Å²) in [5.74, 6) is 0. The van der Waals surface area contributed by atoms with Crippen LogP contribution in [0.4, 0.5) is 4.79 Å². The van der Waals surface area contributed by atoms with Crippen LogP contribution in [0.3, 0.4) is 0 Å². The maximum absolute atomic E-state index is 12.2. The summed E-state index contributed by atoms with van der Waals surface area (Å²) in [6, 6.07) is 10.2. The molecule has 2 fully saturated rings. The van der Waals surface area contributed by atoms with E-state index in [1.54, 1.807) is 0 Å². The van der Waals surface area contributed by atoms with Crippen LogP contribution in [0.5, 0.6) is 0 Å². The first-order valence-electron chi connectivity index (χ1n) is 9.67. The first kappa shape index (κ1) is 18.2. The Morgan fingerprint density at radius 1 is 1.04 bits per heavy atom. The van der Waals surface area contributed by atoms with Gasteiger partial charge >= 0.3 is 6.03 Å². The minimum Gasteiger partial charge on any atom is -0.379 e. The molecule has 0 unspecified atom stereocenters. The van der Waals surface area contributed by atoms with Crippen molar-refractivity contribution in [3.8, 4) is 0 Å². The Labute approximate surface area is 151 Å². The fourth-order valence-electron chi connectivity index (χ4n) is 4.12. The normalized spacial score (nSPS) is 20.8. The lowest BCUT2D eigenvalue weighted by Gasteiger charge is -2.48. The lowest BCUT2D eigenvalue weighted by atomic mass is 9.80. The van der Waals surface area contributed by atoms with Crippen molar-refractivity contribution in [2.24, 2.45) is 0 Å². The number of amides is 2. The molecule has 1 aliphatic carbocycles. The smallest absolute Gasteiger partial charge is 0.314 e. The highest BCUT2D eigenvalue weighted by molar-refractivity contribution is 5.73. The molecule has 2 N–H and O–H groups in total. The van der Waals surface area contributed by atoms with E-state index < -0.39 is 0 Å². The van der Waals surface area contributed by atoms with Gasteiger partial charge in [-0.3, -0.25) is 4.90 Å². The lowest BCUT2D eigenvalue weighted by molar-refractivity contribution is -0.0357. The molecule has 25 heavy (non-hydrogen) atoms. The zero-order valence-electron chi connectivity index (χ0n) is 15.1. The highest BCUT2D eigenvalue weighted by Crippen LogP contribution is 2.33. The molecule has 138 valence electrons. The largest absolute Gasteiger partial charge is 0.379 e. The van der Waals surface area contributed by atoms with Gasteiger partial charge in [-0.15, -0.1) is 0 Å². The van der Waals surface area contributed by atoms with Gasteiger partial charge in [0.15, 0.2) is 0 Å². The molecule has 5 nitrogen and oxygen atoms in total. The molecule has 0 aromatic heterocycles. The number of benzene rings is 1. The van der Waals surface area contributed by atoms with E-state index in [9.17, 15) is 4.79 Å². The van der Waals surface area contributed by atoms with E-state index in [0.29, 0.717) is 6.54 Å². The van der Waals surface area contributed by atoms with Gasteiger partial charge in [-0.05, 0) is 24.8 Å². The van der Waals surface area contributed by atoms with Crippen LogP contribution in [0.2, 0.25) is 0 Å². The number of carbonyl (C=O) groups excluding carboxylic acids is 1. The maximum Gasteiger partial charge on any atom is 0.314 e. The van der Waals surface area contributed by atoms with Gasteiger partial charge in [-0.1, -0.05) is 49.6 Å². The third-order valence-electron chi connectivity index (χ3n) is 5.59. The number of ether oxygens (including phenoxy) is 1. The second-order valence-corrected chi connectivity index (χ2v) is 7.23. The number of nitrogens with zero attached hydrogens (tertiary/aromatic N) is 1. The van der Waals surface area contributed by atoms with Gasteiger partial charge in [0.1, 0.15) is 0 Å². The highest BCUT2D eigenvalue weighted by atomic mass is 16.5. The average molecular weight is 345 g/mol. The molecular formula is C20H31N3O2. The quantitative estimate of drug-likeness (QED) is 0.833. The number of rotatable bonds is 6. The summed E-state index contributed by atoms with van der Waals surface area (Å²) in [6.07, 6.45) is 7.05. The van der Waals surface area contributed by atoms with Gasteiger partial charge in [0.05, 0.1) is 13.2 Å². The van der Waals surface area contributed by atoms with Gasteiger partial charge in [0, 0.05) is 31.7 Å². The number of morpholine rings is 1. The molecule has 0 atom stereocenters. The van der Waals surface area contributed by atoms with Crippen LogP contribution in [0.1, 0.15) is 37.7 Å². The monoisotopic (exact) mass is 345 g/mol. The van der Waals surface area contributed by atoms with E-state index in [-0.39, 0.29) is 11.6 Å². The first-order valence-corrected chi connectivity index (χ1v) is 9.67. The molecule has 0 radical (unpaired) electrons. The number of urea groups is 1. The minimum absolute atomic E-state index is 0.0471. The van der Waals surface area contributed by atoms with Gasteiger partial charge < -0.3 is 15.4 Å². The van der Waals surface area contributed by atoms with Crippen molar-refractivity contribution >= 4 is 6.03 Å². The average Bonchev–Trinajstić information content (AvgIpc) is 2.69. The molecule has 2 amide bonds. The van der Waals surface area contributed by atoms with Crippen molar-refractivity contribution in [2.45, 2.75) is 44.1 Å². The Bertz CT molecular complexity index is 523. The van der Waals surface area contributed by atoms with Gasteiger partial charge in [0.2, 0.25) is 0 Å².